The number of ether oxygens (including phenoxy) is 1. The summed E-state index contributed by atoms with van der Waals surface area (Å²) in [5, 5.41) is 14.2. The van der Waals surface area contributed by atoms with Crippen LogP contribution >= 0.6 is 11.6 Å². The van der Waals surface area contributed by atoms with Crippen LogP contribution in [0.2, 0.25) is 5.02 Å². The Morgan fingerprint density at radius 3 is 2.71 bits per heavy atom. The zero-order chi connectivity index (χ0) is 22.4. The van der Waals surface area contributed by atoms with Gasteiger partial charge in [-0.15, -0.1) is 5.34 Å². The number of rotatable bonds is 4. The number of nitrogens with one attached hydrogen (secondary N) is 1. The number of quaternary nitrogens is 1. The van der Waals surface area contributed by atoms with E-state index in [2.05, 4.69) is 4.99 Å². The monoisotopic (exact) mass is 442 g/mol. The number of fused-ring (bicyclic) bond motifs is 1. The van der Waals surface area contributed by atoms with Crippen LogP contribution in [0.4, 0.5) is 0 Å². The summed E-state index contributed by atoms with van der Waals surface area (Å²) in [4.78, 5) is 10.3. The van der Waals surface area contributed by atoms with Gasteiger partial charge in [-0.25, -0.2) is 0 Å². The van der Waals surface area contributed by atoms with Gasteiger partial charge in [0, 0.05) is 16.0 Å². The molecule has 7 nitrogen and oxygen atoms in total. The molecule has 2 atom stereocenters. The number of aliphatic imine (C=N–C) groups is 1. The third kappa shape index (κ3) is 4.46. The fraction of sp³-hybridized carbons (Fsp3) is 0.348. The lowest BCUT2D eigenvalue weighted by Gasteiger charge is -2.31. The lowest BCUT2D eigenvalue weighted by molar-refractivity contribution is -1.10. The van der Waals surface area contributed by atoms with Gasteiger partial charge >= 0.3 is 0 Å². The van der Waals surface area contributed by atoms with Crippen LogP contribution in [0.1, 0.15) is 33.3 Å². The molecule has 0 radical (unpaired) electrons. The molecule has 0 saturated carbocycles. The molecule has 2 unspecified atom stereocenters. The summed E-state index contributed by atoms with van der Waals surface area (Å²) < 4.78 is 7.20. The highest BCUT2D eigenvalue weighted by Crippen LogP contribution is 2.33. The first-order valence-electron chi connectivity index (χ1n) is 10.1. The predicted octanol–water partition coefficient (Wildman–Crippen LogP) is 3.44. The van der Waals surface area contributed by atoms with E-state index in [4.69, 9.17) is 26.9 Å². The van der Waals surface area contributed by atoms with Crippen molar-refractivity contribution in [1.82, 2.24) is 4.68 Å². The Bertz CT molecular complexity index is 1150. The van der Waals surface area contributed by atoms with Crippen molar-refractivity contribution < 1.29 is 14.9 Å². The standard InChI is InChI=1S/C23H27ClN4O3/c1-22(2,3)31-28(29)27-19(11-16-8-9-18(24)12-20(16)27)15-6-5-7-17(10-15)23(4)14-30-13-21(25)26-23/h5-12,28H,13-14H2,1-4H3,(H2,25,26). The first-order valence-corrected chi connectivity index (χ1v) is 10.5. The normalized spacial score (nSPS) is 20.6. The Labute approximate surface area is 186 Å². The van der Waals surface area contributed by atoms with Gasteiger partial charge in [-0.1, -0.05) is 35.9 Å². The smallest absolute Gasteiger partial charge is 0.122 e. The van der Waals surface area contributed by atoms with E-state index in [9.17, 15) is 5.21 Å². The van der Waals surface area contributed by atoms with E-state index in [0.29, 0.717) is 35.3 Å². The molecular weight excluding hydrogens is 416 g/mol. The van der Waals surface area contributed by atoms with Gasteiger partial charge in [0.2, 0.25) is 0 Å². The van der Waals surface area contributed by atoms with Crippen molar-refractivity contribution in [3.63, 3.8) is 0 Å². The van der Waals surface area contributed by atoms with Crippen LogP contribution in [0.5, 0.6) is 0 Å². The Hall–Kier alpha value is -2.42. The third-order valence-corrected chi connectivity index (χ3v) is 5.38. The van der Waals surface area contributed by atoms with E-state index in [-0.39, 0.29) is 0 Å². The van der Waals surface area contributed by atoms with E-state index in [0.717, 1.165) is 16.5 Å². The Kier molecular flexibility index (Phi) is 5.57. The fourth-order valence-corrected chi connectivity index (χ4v) is 3.95. The molecule has 0 spiro atoms. The first-order chi connectivity index (χ1) is 14.6. The molecule has 0 bridgehead atoms. The van der Waals surface area contributed by atoms with Crippen LogP contribution < -0.4 is 11.1 Å². The van der Waals surface area contributed by atoms with Crippen LogP contribution in [0.15, 0.2) is 53.5 Å². The van der Waals surface area contributed by atoms with Crippen LogP contribution in [0, 0.1) is 5.21 Å². The maximum absolute atomic E-state index is 13.2. The summed E-state index contributed by atoms with van der Waals surface area (Å²) in [5.41, 5.74) is 7.92. The molecule has 0 fully saturated rings. The van der Waals surface area contributed by atoms with Gasteiger partial charge in [0.1, 0.15) is 34.8 Å². The highest BCUT2D eigenvalue weighted by molar-refractivity contribution is 6.31. The zero-order valence-electron chi connectivity index (χ0n) is 18.1. The molecular formula is C23H27ClN4O3. The molecule has 0 aliphatic carbocycles. The van der Waals surface area contributed by atoms with Gasteiger partial charge in [-0.2, -0.15) is 9.51 Å². The van der Waals surface area contributed by atoms with Crippen molar-refractivity contribution in [3.8, 4) is 11.3 Å². The molecule has 0 amide bonds. The maximum atomic E-state index is 13.2. The molecule has 164 valence electrons. The number of hydrogen-bond donors (Lipinski definition) is 2. The van der Waals surface area contributed by atoms with Crippen LogP contribution in [-0.4, -0.2) is 29.3 Å². The van der Waals surface area contributed by atoms with E-state index in [1.807, 2.05) is 64.1 Å². The second kappa shape index (κ2) is 7.93. The average Bonchev–Trinajstić information content (AvgIpc) is 3.05. The molecule has 3 aromatic rings. The number of halogens is 1. The number of amidine groups is 1. The quantitative estimate of drug-likeness (QED) is 0.606. The molecule has 3 N–H and O–H groups in total. The average molecular weight is 443 g/mol. The summed E-state index contributed by atoms with van der Waals surface area (Å²) in [7, 11) is 0. The minimum absolute atomic E-state index is 0.336. The minimum atomic E-state index is -0.634. The highest BCUT2D eigenvalue weighted by atomic mass is 35.5. The van der Waals surface area contributed by atoms with Crippen molar-refractivity contribution in [3.05, 3.63) is 64.3 Å². The van der Waals surface area contributed by atoms with Crippen molar-refractivity contribution in [2.24, 2.45) is 10.7 Å². The lowest BCUT2D eigenvalue weighted by Crippen LogP contribution is -3.10. The summed E-state index contributed by atoms with van der Waals surface area (Å²) in [5.74, 6) is 0.469. The largest absolute Gasteiger partial charge is 0.574 e. The summed E-state index contributed by atoms with van der Waals surface area (Å²) in [6.45, 7) is 8.29. The molecule has 8 heteroatoms. The molecule has 0 saturated heterocycles. The van der Waals surface area contributed by atoms with E-state index in [1.165, 1.54) is 0 Å². The van der Waals surface area contributed by atoms with E-state index in [1.54, 1.807) is 16.8 Å². The Morgan fingerprint density at radius 1 is 1.23 bits per heavy atom. The molecule has 4 rings (SSSR count). The molecule has 1 aliphatic rings. The lowest BCUT2D eigenvalue weighted by atomic mass is 9.91. The highest BCUT2D eigenvalue weighted by Gasteiger charge is 2.31. The van der Waals surface area contributed by atoms with E-state index >= 15 is 0 Å². The van der Waals surface area contributed by atoms with Crippen molar-refractivity contribution in [2.75, 3.05) is 13.2 Å². The molecule has 2 aromatic carbocycles. The zero-order valence-corrected chi connectivity index (χ0v) is 18.9. The Morgan fingerprint density at radius 2 is 2.00 bits per heavy atom. The maximum Gasteiger partial charge on any atom is 0.122 e. The van der Waals surface area contributed by atoms with Gasteiger partial charge in [0.25, 0.3) is 0 Å². The van der Waals surface area contributed by atoms with E-state index < -0.39 is 16.5 Å². The number of hydrogen-bond acceptors (Lipinski definition) is 5. The summed E-state index contributed by atoms with van der Waals surface area (Å²) in [6.07, 6.45) is 0. The summed E-state index contributed by atoms with van der Waals surface area (Å²) in [6, 6.07) is 15.4. The second-order valence-electron chi connectivity index (χ2n) is 9.00. The molecule has 1 aromatic heterocycles. The number of nitrogens with two attached hydrogens (primary N) is 1. The van der Waals surface area contributed by atoms with Crippen LogP contribution in [0.25, 0.3) is 22.2 Å². The van der Waals surface area contributed by atoms with Gasteiger partial charge in [0.05, 0.1) is 6.61 Å². The van der Waals surface area contributed by atoms with Crippen molar-refractivity contribution in [1.29, 1.82) is 0 Å². The predicted molar refractivity (Wildman–Crippen MR) is 123 cm³/mol. The van der Waals surface area contributed by atoms with Gasteiger partial charge < -0.3 is 15.7 Å². The topological polar surface area (TPSA) is 89.3 Å². The second-order valence-corrected chi connectivity index (χ2v) is 9.44. The van der Waals surface area contributed by atoms with Crippen molar-refractivity contribution >= 4 is 28.3 Å². The van der Waals surface area contributed by atoms with Gasteiger partial charge in [0.15, 0.2) is 0 Å². The van der Waals surface area contributed by atoms with Gasteiger partial charge in [-0.3, -0.25) is 4.99 Å². The number of benzene rings is 2. The Balaban J connectivity index is 1.87. The minimum Gasteiger partial charge on any atom is -0.574 e. The summed E-state index contributed by atoms with van der Waals surface area (Å²) >= 11 is 6.24. The molecule has 1 aliphatic heterocycles. The first kappa shape index (κ1) is 21.8. The van der Waals surface area contributed by atoms with Crippen LogP contribution in [-0.2, 0) is 15.1 Å². The van der Waals surface area contributed by atoms with Crippen LogP contribution in [0.3, 0.4) is 0 Å². The number of nitrogens with zero attached hydrogens (tertiary/aromatic N) is 2. The fourth-order valence-electron chi connectivity index (χ4n) is 3.79. The third-order valence-electron chi connectivity index (χ3n) is 5.15. The molecule has 2 heterocycles. The molecule has 31 heavy (non-hydrogen) atoms. The van der Waals surface area contributed by atoms with Gasteiger partial charge in [-0.05, 0) is 57.5 Å². The number of aromatic nitrogens is 1. The van der Waals surface area contributed by atoms with Crippen molar-refractivity contribution in [2.45, 2.75) is 38.8 Å². The SMILES string of the molecule is CC(C)(C)O[NH+]([O-])n1c(-c2cccc(C3(C)COCC(N)=N3)c2)cc2ccc(Cl)cc21.